The molecule has 1 aromatic carbocycles. The molecule has 0 radical (unpaired) electrons. The van der Waals surface area contributed by atoms with Gasteiger partial charge in [-0.15, -0.1) is 0 Å². The SMILES string of the molecule is CCCCCc1cc2c(c(O)c1CNCCCN1CCOCC1)[C@@H]1C=C(C)CC[C@H]1C(C)(C)O2. The summed E-state index contributed by atoms with van der Waals surface area (Å²) in [7, 11) is 0. The van der Waals surface area contributed by atoms with E-state index in [-0.39, 0.29) is 11.5 Å². The van der Waals surface area contributed by atoms with E-state index in [9.17, 15) is 5.11 Å². The molecule has 1 aliphatic carbocycles. The largest absolute Gasteiger partial charge is 0.507 e. The maximum atomic E-state index is 11.7. The molecular formula is C29H46N2O3. The second-order valence-corrected chi connectivity index (χ2v) is 11.1. The van der Waals surface area contributed by atoms with Gasteiger partial charge in [-0.2, -0.15) is 0 Å². The molecule has 3 aliphatic rings. The van der Waals surface area contributed by atoms with Gasteiger partial charge in [0.15, 0.2) is 0 Å². The minimum Gasteiger partial charge on any atom is -0.507 e. The highest BCUT2D eigenvalue weighted by Gasteiger charge is 2.45. The van der Waals surface area contributed by atoms with Gasteiger partial charge in [0.25, 0.3) is 0 Å². The van der Waals surface area contributed by atoms with E-state index in [0.717, 1.165) is 88.4 Å². The number of ether oxygens (including phenoxy) is 2. The average Bonchev–Trinajstić information content (AvgIpc) is 2.80. The zero-order valence-corrected chi connectivity index (χ0v) is 21.9. The van der Waals surface area contributed by atoms with Crippen molar-refractivity contribution < 1.29 is 14.6 Å². The highest BCUT2D eigenvalue weighted by molar-refractivity contribution is 5.58. The van der Waals surface area contributed by atoms with Gasteiger partial charge in [-0.3, -0.25) is 4.90 Å². The summed E-state index contributed by atoms with van der Waals surface area (Å²) in [4.78, 5) is 2.48. The molecule has 5 nitrogen and oxygen atoms in total. The number of aromatic hydroxyl groups is 1. The zero-order valence-electron chi connectivity index (χ0n) is 21.9. The van der Waals surface area contributed by atoms with Crippen molar-refractivity contribution in [3.05, 3.63) is 34.4 Å². The molecule has 190 valence electrons. The van der Waals surface area contributed by atoms with Crippen LogP contribution in [0.2, 0.25) is 0 Å². The van der Waals surface area contributed by atoms with E-state index in [0.29, 0.717) is 18.2 Å². The third-order valence-corrected chi connectivity index (χ3v) is 8.13. The third-order valence-electron chi connectivity index (χ3n) is 8.13. The predicted octanol–water partition coefficient (Wildman–Crippen LogP) is 5.55. The Kier molecular flexibility index (Phi) is 8.60. The van der Waals surface area contributed by atoms with Gasteiger partial charge in [0, 0.05) is 42.6 Å². The molecule has 1 saturated heterocycles. The molecule has 0 amide bonds. The molecule has 34 heavy (non-hydrogen) atoms. The van der Waals surface area contributed by atoms with Gasteiger partial charge in [0.2, 0.25) is 0 Å². The van der Waals surface area contributed by atoms with Crippen molar-refractivity contribution in [1.82, 2.24) is 10.2 Å². The van der Waals surface area contributed by atoms with E-state index in [1.165, 1.54) is 24.0 Å². The number of hydrogen-bond acceptors (Lipinski definition) is 5. The summed E-state index contributed by atoms with van der Waals surface area (Å²) in [6.45, 7) is 15.5. The normalized spacial score (nSPS) is 24.2. The first-order valence-corrected chi connectivity index (χ1v) is 13.7. The van der Waals surface area contributed by atoms with Crippen molar-refractivity contribution in [3.63, 3.8) is 0 Å². The second-order valence-electron chi connectivity index (χ2n) is 11.1. The lowest BCUT2D eigenvalue weighted by molar-refractivity contribution is 0.0106. The summed E-state index contributed by atoms with van der Waals surface area (Å²) in [5, 5.41) is 15.3. The molecule has 0 spiro atoms. The van der Waals surface area contributed by atoms with Crippen LogP contribution in [0.5, 0.6) is 11.5 Å². The number of nitrogens with one attached hydrogen (secondary N) is 1. The summed E-state index contributed by atoms with van der Waals surface area (Å²) in [6.07, 6.45) is 10.3. The van der Waals surface area contributed by atoms with E-state index in [1.807, 2.05) is 0 Å². The van der Waals surface area contributed by atoms with Crippen molar-refractivity contribution in [3.8, 4) is 11.5 Å². The number of benzene rings is 1. The van der Waals surface area contributed by atoms with Crippen LogP contribution in [-0.2, 0) is 17.7 Å². The van der Waals surface area contributed by atoms with Crippen LogP contribution in [0, 0.1) is 5.92 Å². The first-order valence-electron chi connectivity index (χ1n) is 13.7. The Morgan fingerprint density at radius 1 is 1.18 bits per heavy atom. The number of aryl methyl sites for hydroxylation is 1. The molecule has 2 aliphatic heterocycles. The van der Waals surface area contributed by atoms with Crippen molar-refractivity contribution in [2.45, 2.75) is 90.7 Å². The lowest BCUT2D eigenvalue weighted by Crippen LogP contribution is -2.45. The molecule has 2 N–H and O–H groups in total. The molecule has 5 heteroatoms. The van der Waals surface area contributed by atoms with Crippen molar-refractivity contribution in [2.24, 2.45) is 5.92 Å². The fourth-order valence-corrected chi connectivity index (χ4v) is 6.10. The highest BCUT2D eigenvalue weighted by Crippen LogP contribution is 2.54. The van der Waals surface area contributed by atoms with Gasteiger partial charge in [-0.05, 0) is 77.6 Å². The van der Waals surface area contributed by atoms with Crippen LogP contribution in [0.4, 0.5) is 0 Å². The number of fused-ring (bicyclic) bond motifs is 3. The first-order chi connectivity index (χ1) is 16.4. The first kappa shape index (κ1) is 25.5. The number of hydrogen-bond donors (Lipinski definition) is 2. The second kappa shape index (κ2) is 11.5. The molecule has 0 aromatic heterocycles. The van der Waals surface area contributed by atoms with Crippen LogP contribution in [0.15, 0.2) is 17.7 Å². The number of unbranched alkanes of at least 4 members (excludes halogenated alkanes) is 2. The lowest BCUT2D eigenvalue weighted by Gasteiger charge is -2.46. The average molecular weight is 471 g/mol. The number of phenolic OH excluding ortho intramolecular Hbond substituents is 1. The van der Waals surface area contributed by atoms with Crippen LogP contribution >= 0.6 is 0 Å². The van der Waals surface area contributed by atoms with Crippen LogP contribution in [0.1, 0.15) is 88.8 Å². The lowest BCUT2D eigenvalue weighted by atomic mass is 9.67. The Morgan fingerprint density at radius 2 is 1.97 bits per heavy atom. The van der Waals surface area contributed by atoms with Crippen LogP contribution in [0.25, 0.3) is 0 Å². The molecule has 1 aromatic rings. The number of nitrogens with zero attached hydrogens (tertiary/aromatic N) is 1. The molecule has 0 bridgehead atoms. The monoisotopic (exact) mass is 470 g/mol. The fraction of sp³-hybridized carbons (Fsp3) is 0.724. The zero-order chi connectivity index (χ0) is 24.1. The van der Waals surface area contributed by atoms with E-state index >= 15 is 0 Å². The maximum Gasteiger partial charge on any atom is 0.127 e. The summed E-state index contributed by atoms with van der Waals surface area (Å²) >= 11 is 0. The third kappa shape index (κ3) is 5.80. The summed E-state index contributed by atoms with van der Waals surface area (Å²) in [5.74, 6) is 2.01. The quantitative estimate of drug-likeness (QED) is 0.347. The number of morpholine rings is 1. The Hall–Kier alpha value is -1.56. The number of phenols is 1. The van der Waals surface area contributed by atoms with Gasteiger partial charge in [-0.1, -0.05) is 31.4 Å². The maximum absolute atomic E-state index is 11.7. The number of rotatable bonds is 10. The van der Waals surface area contributed by atoms with Crippen LogP contribution in [-0.4, -0.2) is 55.0 Å². The van der Waals surface area contributed by atoms with Gasteiger partial charge in [0.1, 0.15) is 17.1 Å². The summed E-state index contributed by atoms with van der Waals surface area (Å²) in [6, 6.07) is 2.26. The molecule has 1 fully saturated rings. The van der Waals surface area contributed by atoms with Crippen molar-refractivity contribution in [2.75, 3.05) is 39.4 Å². The van der Waals surface area contributed by atoms with Crippen LogP contribution in [0.3, 0.4) is 0 Å². The molecule has 0 unspecified atom stereocenters. The Morgan fingerprint density at radius 3 is 2.74 bits per heavy atom. The van der Waals surface area contributed by atoms with Gasteiger partial charge in [0.05, 0.1) is 13.2 Å². The van der Waals surface area contributed by atoms with Gasteiger partial charge < -0.3 is 19.9 Å². The van der Waals surface area contributed by atoms with Crippen molar-refractivity contribution >= 4 is 0 Å². The summed E-state index contributed by atoms with van der Waals surface area (Å²) < 4.78 is 12.0. The Labute approximate surface area is 206 Å². The van der Waals surface area contributed by atoms with E-state index < -0.39 is 0 Å². The standard InChI is InChI=1S/C29H46N2O3/c1-5-6-7-9-22-19-26-27(23-18-21(2)10-11-25(23)29(3,4)34-26)28(32)24(22)20-30-12-8-13-31-14-16-33-17-15-31/h18-19,23,25,30,32H,5-17,20H2,1-4H3/t23-,25-/m1/s1. The molecule has 2 atom stereocenters. The Balaban J connectivity index is 1.53. The fourth-order valence-electron chi connectivity index (χ4n) is 6.10. The molecule has 4 rings (SSSR count). The Bertz CT molecular complexity index is 857. The predicted molar refractivity (Wildman–Crippen MR) is 139 cm³/mol. The summed E-state index contributed by atoms with van der Waals surface area (Å²) in [5.41, 5.74) is 4.56. The van der Waals surface area contributed by atoms with Gasteiger partial charge >= 0.3 is 0 Å². The highest BCUT2D eigenvalue weighted by atomic mass is 16.5. The van der Waals surface area contributed by atoms with Crippen LogP contribution < -0.4 is 10.1 Å². The van der Waals surface area contributed by atoms with Crippen molar-refractivity contribution in [1.29, 1.82) is 0 Å². The minimum atomic E-state index is -0.221. The molecule has 2 heterocycles. The van der Waals surface area contributed by atoms with Gasteiger partial charge in [-0.25, -0.2) is 0 Å². The van der Waals surface area contributed by atoms with E-state index in [2.05, 4.69) is 50.1 Å². The smallest absolute Gasteiger partial charge is 0.127 e. The van der Waals surface area contributed by atoms with E-state index in [1.54, 1.807) is 0 Å². The molecular weight excluding hydrogens is 424 g/mol. The minimum absolute atomic E-state index is 0.221. The number of allylic oxidation sites excluding steroid dienone is 2. The topological polar surface area (TPSA) is 54.0 Å². The van der Waals surface area contributed by atoms with E-state index in [4.69, 9.17) is 9.47 Å². The molecule has 0 saturated carbocycles.